The predicted molar refractivity (Wildman–Crippen MR) is 114 cm³/mol. The zero-order valence-corrected chi connectivity index (χ0v) is 17.2. The first-order chi connectivity index (χ1) is 13.6. The van der Waals surface area contributed by atoms with Gasteiger partial charge in [-0.2, -0.15) is 0 Å². The number of benzene rings is 2. The topological polar surface area (TPSA) is 32.3 Å². The Bertz CT molecular complexity index is 836. The van der Waals surface area contributed by atoms with Crippen LogP contribution in [0.2, 0.25) is 0 Å². The van der Waals surface area contributed by atoms with Gasteiger partial charge in [-0.3, -0.25) is 9.69 Å². The van der Waals surface area contributed by atoms with E-state index in [9.17, 15) is 4.79 Å². The van der Waals surface area contributed by atoms with Crippen molar-refractivity contribution in [1.82, 2.24) is 10.2 Å². The number of aryl methyl sites for hydroxylation is 3. The number of nitrogens with one attached hydrogen (secondary N) is 1. The number of likely N-dealkylation sites (tertiary alicyclic amines) is 1. The van der Waals surface area contributed by atoms with Crippen molar-refractivity contribution in [2.45, 2.75) is 58.5 Å². The highest BCUT2D eigenvalue weighted by molar-refractivity contribution is 5.79. The van der Waals surface area contributed by atoms with E-state index in [4.69, 9.17) is 0 Å². The van der Waals surface area contributed by atoms with Gasteiger partial charge in [0.2, 0.25) is 5.91 Å². The smallest absolute Gasteiger partial charge is 0.223 e. The molecule has 2 aromatic rings. The van der Waals surface area contributed by atoms with E-state index in [1.807, 2.05) is 0 Å². The second-order valence-corrected chi connectivity index (χ2v) is 8.59. The van der Waals surface area contributed by atoms with Gasteiger partial charge in [0.1, 0.15) is 0 Å². The molecule has 0 unspecified atom stereocenters. The maximum absolute atomic E-state index is 12.8. The van der Waals surface area contributed by atoms with E-state index in [-0.39, 0.29) is 17.9 Å². The summed E-state index contributed by atoms with van der Waals surface area (Å²) in [7, 11) is 0. The molecule has 1 amide bonds. The van der Waals surface area contributed by atoms with Gasteiger partial charge in [-0.25, -0.2) is 0 Å². The van der Waals surface area contributed by atoms with Crippen molar-refractivity contribution in [3.8, 4) is 0 Å². The average molecular weight is 377 g/mol. The highest BCUT2D eigenvalue weighted by atomic mass is 16.1. The molecule has 0 radical (unpaired) electrons. The standard InChI is InChI=1S/C25H32N2O/c1-18-6-3-4-7-24(18)17-27-14-12-21(13-15-27)25(28)26-19(2)22-11-10-20-8-5-9-23(20)16-22/h3-4,6-7,10-11,16,19,21H,5,8-9,12-15,17H2,1-2H3,(H,26,28)/t19-/m1/s1. The fourth-order valence-electron chi connectivity index (χ4n) is 4.66. The lowest BCUT2D eigenvalue weighted by molar-refractivity contribution is -0.127. The van der Waals surface area contributed by atoms with Crippen LogP contribution in [0.5, 0.6) is 0 Å². The van der Waals surface area contributed by atoms with Gasteiger partial charge in [0.25, 0.3) is 0 Å². The molecule has 0 saturated carbocycles. The van der Waals surface area contributed by atoms with Gasteiger partial charge in [0, 0.05) is 12.5 Å². The summed E-state index contributed by atoms with van der Waals surface area (Å²) in [5.41, 5.74) is 6.96. The van der Waals surface area contributed by atoms with Crippen molar-refractivity contribution >= 4 is 5.91 Å². The Morgan fingerprint density at radius 1 is 1.11 bits per heavy atom. The van der Waals surface area contributed by atoms with Crippen molar-refractivity contribution in [2.75, 3.05) is 13.1 Å². The van der Waals surface area contributed by atoms with Gasteiger partial charge in [0.15, 0.2) is 0 Å². The highest BCUT2D eigenvalue weighted by Crippen LogP contribution is 2.26. The summed E-state index contributed by atoms with van der Waals surface area (Å²) in [6, 6.07) is 15.4. The molecule has 2 aliphatic rings. The lowest BCUT2D eigenvalue weighted by atomic mass is 9.94. The van der Waals surface area contributed by atoms with E-state index in [0.29, 0.717) is 0 Å². The summed E-state index contributed by atoms with van der Waals surface area (Å²) in [6.07, 6.45) is 5.56. The van der Waals surface area contributed by atoms with Crippen LogP contribution >= 0.6 is 0 Å². The van der Waals surface area contributed by atoms with E-state index >= 15 is 0 Å². The molecule has 28 heavy (non-hydrogen) atoms. The lowest BCUT2D eigenvalue weighted by Crippen LogP contribution is -2.41. The fourth-order valence-corrected chi connectivity index (χ4v) is 4.66. The molecule has 1 atom stereocenters. The molecule has 1 aliphatic heterocycles. The average Bonchev–Trinajstić information content (AvgIpc) is 3.18. The summed E-state index contributed by atoms with van der Waals surface area (Å²) >= 11 is 0. The number of amides is 1. The molecule has 1 heterocycles. The Balaban J connectivity index is 1.28. The van der Waals surface area contributed by atoms with Crippen LogP contribution in [0.25, 0.3) is 0 Å². The van der Waals surface area contributed by atoms with Crippen molar-refractivity contribution in [3.05, 3.63) is 70.3 Å². The van der Waals surface area contributed by atoms with E-state index in [1.54, 1.807) is 0 Å². The number of hydrogen-bond donors (Lipinski definition) is 1. The van der Waals surface area contributed by atoms with Crippen molar-refractivity contribution in [3.63, 3.8) is 0 Å². The number of piperidine rings is 1. The summed E-state index contributed by atoms with van der Waals surface area (Å²) in [4.78, 5) is 15.3. The summed E-state index contributed by atoms with van der Waals surface area (Å²) < 4.78 is 0. The summed E-state index contributed by atoms with van der Waals surface area (Å²) in [5.74, 6) is 0.369. The van der Waals surface area contributed by atoms with Gasteiger partial charge in [0.05, 0.1) is 6.04 Å². The zero-order chi connectivity index (χ0) is 19.5. The van der Waals surface area contributed by atoms with Crippen LogP contribution < -0.4 is 5.32 Å². The van der Waals surface area contributed by atoms with Crippen LogP contribution in [0, 0.1) is 12.8 Å². The number of fused-ring (bicyclic) bond motifs is 1. The van der Waals surface area contributed by atoms with Crippen LogP contribution in [0.4, 0.5) is 0 Å². The van der Waals surface area contributed by atoms with Crippen LogP contribution in [0.1, 0.15) is 60.0 Å². The van der Waals surface area contributed by atoms with Crippen molar-refractivity contribution in [2.24, 2.45) is 5.92 Å². The van der Waals surface area contributed by atoms with Crippen LogP contribution in [0.15, 0.2) is 42.5 Å². The van der Waals surface area contributed by atoms with Gasteiger partial charge in [-0.05, 0) is 86.9 Å². The lowest BCUT2D eigenvalue weighted by Gasteiger charge is -2.32. The van der Waals surface area contributed by atoms with Crippen LogP contribution in [0.3, 0.4) is 0 Å². The molecule has 1 aliphatic carbocycles. The Morgan fingerprint density at radius 2 is 1.86 bits per heavy atom. The second-order valence-electron chi connectivity index (χ2n) is 8.59. The summed E-state index contributed by atoms with van der Waals surface area (Å²) in [6.45, 7) is 7.28. The molecule has 0 spiro atoms. The van der Waals surface area contributed by atoms with Crippen molar-refractivity contribution in [1.29, 1.82) is 0 Å². The number of rotatable bonds is 5. The first-order valence-corrected chi connectivity index (χ1v) is 10.8. The maximum atomic E-state index is 12.8. The minimum Gasteiger partial charge on any atom is -0.349 e. The zero-order valence-electron chi connectivity index (χ0n) is 17.2. The van der Waals surface area contributed by atoms with E-state index in [2.05, 4.69) is 66.5 Å². The molecular weight excluding hydrogens is 344 g/mol. The summed E-state index contributed by atoms with van der Waals surface area (Å²) in [5, 5.41) is 3.27. The van der Waals surface area contributed by atoms with Crippen LogP contribution in [-0.2, 0) is 24.2 Å². The molecule has 1 N–H and O–H groups in total. The maximum Gasteiger partial charge on any atom is 0.223 e. The van der Waals surface area contributed by atoms with E-state index in [1.165, 1.54) is 47.1 Å². The molecule has 0 bridgehead atoms. The SMILES string of the molecule is Cc1ccccc1CN1CCC(C(=O)N[C@H](C)c2ccc3c(c2)CCC3)CC1. The molecule has 148 valence electrons. The van der Waals surface area contributed by atoms with E-state index in [0.717, 1.165) is 32.5 Å². The Morgan fingerprint density at radius 3 is 2.64 bits per heavy atom. The molecule has 3 heteroatoms. The molecule has 1 saturated heterocycles. The quantitative estimate of drug-likeness (QED) is 0.829. The van der Waals surface area contributed by atoms with Gasteiger partial charge < -0.3 is 5.32 Å². The second kappa shape index (κ2) is 8.48. The molecule has 3 nitrogen and oxygen atoms in total. The van der Waals surface area contributed by atoms with Gasteiger partial charge in [-0.1, -0.05) is 42.5 Å². The largest absolute Gasteiger partial charge is 0.349 e. The Hall–Kier alpha value is -2.13. The monoisotopic (exact) mass is 376 g/mol. The Kier molecular flexibility index (Phi) is 5.82. The highest BCUT2D eigenvalue weighted by Gasteiger charge is 2.26. The van der Waals surface area contributed by atoms with E-state index < -0.39 is 0 Å². The third kappa shape index (κ3) is 4.30. The third-order valence-electron chi connectivity index (χ3n) is 6.59. The molecular formula is C25H32N2O. The molecule has 1 fully saturated rings. The first kappa shape index (κ1) is 19.2. The van der Waals surface area contributed by atoms with Gasteiger partial charge >= 0.3 is 0 Å². The minimum atomic E-state index is 0.0865. The minimum absolute atomic E-state index is 0.0865. The van der Waals surface area contributed by atoms with Crippen molar-refractivity contribution < 1.29 is 4.79 Å². The normalized spacial score (nSPS) is 18.6. The first-order valence-electron chi connectivity index (χ1n) is 10.8. The molecule has 2 aromatic carbocycles. The third-order valence-corrected chi connectivity index (χ3v) is 6.59. The number of hydrogen-bond acceptors (Lipinski definition) is 2. The van der Waals surface area contributed by atoms with Gasteiger partial charge in [-0.15, -0.1) is 0 Å². The predicted octanol–water partition coefficient (Wildman–Crippen LogP) is 4.57. The van der Waals surface area contributed by atoms with Crippen LogP contribution in [-0.4, -0.2) is 23.9 Å². The number of carbonyl (C=O) groups is 1. The molecule has 4 rings (SSSR count). The molecule has 0 aromatic heterocycles. The number of nitrogens with zero attached hydrogens (tertiary/aromatic N) is 1. The number of carbonyl (C=O) groups excluding carboxylic acids is 1. The fraction of sp³-hybridized carbons (Fsp3) is 0.480. The Labute approximate surface area is 169 Å².